The Labute approximate surface area is 75.5 Å². The second kappa shape index (κ2) is 4.21. The number of hydrogen-bond acceptors (Lipinski definition) is 3. The van der Waals surface area contributed by atoms with Gasteiger partial charge in [0, 0.05) is 18.6 Å². The van der Waals surface area contributed by atoms with Crippen molar-refractivity contribution in [2.45, 2.75) is 25.4 Å². The first kappa shape index (κ1) is 9.96. The molecule has 0 aromatic rings. The summed E-state index contributed by atoms with van der Waals surface area (Å²) in [5.41, 5.74) is 5.92. The van der Waals surface area contributed by atoms with Crippen LogP contribution < -0.4 is 5.73 Å². The lowest BCUT2D eigenvalue weighted by molar-refractivity contribution is 0.202. The number of likely N-dealkylation sites (N-methyl/N-ethyl adjacent to an activating group) is 2. The van der Waals surface area contributed by atoms with Crippen LogP contribution in [0, 0.1) is 0 Å². The summed E-state index contributed by atoms with van der Waals surface area (Å²) in [6, 6.07) is 0.799. The first-order valence-corrected chi connectivity index (χ1v) is 4.75. The van der Waals surface area contributed by atoms with E-state index < -0.39 is 0 Å². The van der Waals surface area contributed by atoms with Crippen LogP contribution in [0.4, 0.5) is 0 Å². The molecule has 0 aromatic heterocycles. The predicted octanol–water partition coefficient (Wildman–Crippen LogP) is -0.0305. The maximum Gasteiger partial charge on any atom is 0.0368 e. The van der Waals surface area contributed by atoms with Gasteiger partial charge in [0.15, 0.2) is 0 Å². The van der Waals surface area contributed by atoms with Crippen LogP contribution in [0.1, 0.15) is 13.3 Å². The molecule has 3 nitrogen and oxygen atoms in total. The fraction of sp³-hybridized carbons (Fsp3) is 1.00. The summed E-state index contributed by atoms with van der Waals surface area (Å²) >= 11 is 0. The van der Waals surface area contributed by atoms with Gasteiger partial charge in [-0.15, -0.1) is 0 Å². The van der Waals surface area contributed by atoms with Crippen LogP contribution >= 0.6 is 0 Å². The van der Waals surface area contributed by atoms with Crippen LogP contribution in [-0.2, 0) is 0 Å². The second-order valence-electron chi connectivity index (χ2n) is 4.02. The van der Waals surface area contributed by atoms with E-state index in [1.165, 1.54) is 19.5 Å². The zero-order valence-corrected chi connectivity index (χ0v) is 8.45. The van der Waals surface area contributed by atoms with Crippen LogP contribution in [0.3, 0.4) is 0 Å². The Morgan fingerprint density at radius 1 is 1.33 bits per heavy atom. The molecule has 12 heavy (non-hydrogen) atoms. The van der Waals surface area contributed by atoms with Crippen molar-refractivity contribution in [1.82, 2.24) is 9.80 Å². The van der Waals surface area contributed by atoms with Crippen LogP contribution in [0.15, 0.2) is 0 Å². The molecular formula is C9H21N3. The molecule has 2 N–H and O–H groups in total. The van der Waals surface area contributed by atoms with Crippen molar-refractivity contribution >= 4 is 0 Å². The molecule has 1 aliphatic heterocycles. The average Bonchev–Trinajstić information content (AvgIpc) is 2.13. The molecule has 1 saturated heterocycles. The number of nitrogens with two attached hydrogens (primary N) is 1. The van der Waals surface area contributed by atoms with E-state index in [1.54, 1.807) is 0 Å². The molecule has 0 aromatic carbocycles. The highest BCUT2D eigenvalue weighted by atomic mass is 15.2. The lowest BCUT2D eigenvalue weighted by Gasteiger charge is -2.30. The van der Waals surface area contributed by atoms with E-state index in [-0.39, 0.29) is 6.04 Å². The van der Waals surface area contributed by atoms with E-state index in [0.717, 1.165) is 6.54 Å². The molecule has 3 heteroatoms. The van der Waals surface area contributed by atoms with Crippen LogP contribution in [0.2, 0.25) is 0 Å². The number of nitrogens with zero attached hydrogens (tertiary/aromatic N) is 2. The molecule has 0 amide bonds. The van der Waals surface area contributed by atoms with Crippen molar-refractivity contribution < 1.29 is 0 Å². The molecule has 2 atom stereocenters. The Bertz CT molecular complexity index is 136. The van der Waals surface area contributed by atoms with Crippen LogP contribution in [-0.4, -0.2) is 55.6 Å². The fourth-order valence-corrected chi connectivity index (χ4v) is 1.87. The Morgan fingerprint density at radius 3 is 2.58 bits per heavy atom. The minimum absolute atomic E-state index is 0.274. The van der Waals surface area contributed by atoms with Gasteiger partial charge in [0.25, 0.3) is 0 Å². The number of hydrogen-bond donors (Lipinski definition) is 1. The van der Waals surface area contributed by atoms with Gasteiger partial charge < -0.3 is 15.5 Å². The lowest BCUT2D eigenvalue weighted by atomic mass is 10.1. The zero-order chi connectivity index (χ0) is 9.14. The summed E-state index contributed by atoms with van der Waals surface area (Å²) < 4.78 is 0. The highest BCUT2D eigenvalue weighted by molar-refractivity contribution is 4.82. The molecule has 1 unspecified atom stereocenters. The molecular weight excluding hydrogens is 150 g/mol. The van der Waals surface area contributed by atoms with Gasteiger partial charge in [0.05, 0.1) is 0 Å². The van der Waals surface area contributed by atoms with Gasteiger partial charge in [-0.1, -0.05) is 0 Å². The van der Waals surface area contributed by atoms with Crippen molar-refractivity contribution in [2.24, 2.45) is 5.73 Å². The quantitative estimate of drug-likeness (QED) is 0.601. The third-order valence-corrected chi connectivity index (χ3v) is 2.72. The molecule has 1 heterocycles. The topological polar surface area (TPSA) is 32.5 Å². The van der Waals surface area contributed by atoms with E-state index in [0.29, 0.717) is 6.04 Å². The van der Waals surface area contributed by atoms with Gasteiger partial charge in [-0.25, -0.2) is 0 Å². The molecule has 0 bridgehead atoms. The minimum atomic E-state index is 0.274. The third kappa shape index (κ3) is 2.44. The van der Waals surface area contributed by atoms with Gasteiger partial charge in [-0.05, 0) is 40.5 Å². The Morgan fingerprint density at radius 2 is 2.00 bits per heavy atom. The fourth-order valence-electron chi connectivity index (χ4n) is 1.87. The maximum atomic E-state index is 5.92. The highest BCUT2D eigenvalue weighted by Crippen LogP contribution is 2.08. The summed E-state index contributed by atoms with van der Waals surface area (Å²) in [6.45, 7) is 5.58. The molecule has 0 saturated carbocycles. The zero-order valence-electron chi connectivity index (χ0n) is 8.45. The number of rotatable bonds is 1. The van der Waals surface area contributed by atoms with Crippen molar-refractivity contribution in [3.8, 4) is 0 Å². The average molecular weight is 171 g/mol. The Balaban J connectivity index is 2.54. The summed E-state index contributed by atoms with van der Waals surface area (Å²) in [6.07, 6.45) is 1.26. The van der Waals surface area contributed by atoms with E-state index in [4.69, 9.17) is 5.73 Å². The van der Waals surface area contributed by atoms with Gasteiger partial charge in [-0.2, -0.15) is 0 Å². The standard InChI is InChI=1S/C9H21N3/c1-8(10)9-7-11(2)5-4-6-12(9)3/h8-9H,4-7,10H2,1-3H3/t8-,9?/m1/s1. The van der Waals surface area contributed by atoms with Gasteiger partial charge in [0.1, 0.15) is 0 Å². The first-order chi connectivity index (χ1) is 5.61. The Kier molecular flexibility index (Phi) is 3.50. The van der Waals surface area contributed by atoms with Crippen molar-refractivity contribution in [3.63, 3.8) is 0 Å². The molecule has 1 aliphatic rings. The second-order valence-corrected chi connectivity index (χ2v) is 4.02. The molecule has 1 fully saturated rings. The minimum Gasteiger partial charge on any atom is -0.326 e. The normalized spacial score (nSPS) is 31.5. The third-order valence-electron chi connectivity index (χ3n) is 2.72. The predicted molar refractivity (Wildman–Crippen MR) is 52.2 cm³/mol. The van der Waals surface area contributed by atoms with E-state index in [9.17, 15) is 0 Å². The van der Waals surface area contributed by atoms with E-state index in [1.807, 2.05) is 0 Å². The monoisotopic (exact) mass is 171 g/mol. The molecule has 72 valence electrons. The van der Waals surface area contributed by atoms with Crippen molar-refractivity contribution in [1.29, 1.82) is 0 Å². The summed E-state index contributed by atoms with van der Waals surface area (Å²) in [5.74, 6) is 0. The maximum absolute atomic E-state index is 5.92. The van der Waals surface area contributed by atoms with Gasteiger partial charge in [-0.3, -0.25) is 0 Å². The van der Waals surface area contributed by atoms with Crippen molar-refractivity contribution in [2.75, 3.05) is 33.7 Å². The summed E-state index contributed by atoms with van der Waals surface area (Å²) in [5, 5.41) is 0. The van der Waals surface area contributed by atoms with Crippen LogP contribution in [0.5, 0.6) is 0 Å². The largest absolute Gasteiger partial charge is 0.326 e. The van der Waals surface area contributed by atoms with Crippen molar-refractivity contribution in [3.05, 3.63) is 0 Å². The van der Waals surface area contributed by atoms with E-state index in [2.05, 4.69) is 30.8 Å². The molecule has 0 spiro atoms. The first-order valence-electron chi connectivity index (χ1n) is 4.75. The summed E-state index contributed by atoms with van der Waals surface area (Å²) in [4.78, 5) is 4.76. The Hall–Kier alpha value is -0.120. The SMILES string of the molecule is C[C@@H](N)C1CN(C)CCCN1C. The van der Waals surface area contributed by atoms with E-state index >= 15 is 0 Å². The van der Waals surface area contributed by atoms with Gasteiger partial charge >= 0.3 is 0 Å². The van der Waals surface area contributed by atoms with Gasteiger partial charge in [0.2, 0.25) is 0 Å². The molecule has 0 aliphatic carbocycles. The molecule has 1 rings (SSSR count). The smallest absolute Gasteiger partial charge is 0.0368 e. The molecule has 0 radical (unpaired) electrons. The highest BCUT2D eigenvalue weighted by Gasteiger charge is 2.22. The van der Waals surface area contributed by atoms with Crippen LogP contribution in [0.25, 0.3) is 0 Å². The lowest BCUT2D eigenvalue weighted by Crippen LogP contribution is -2.48. The summed E-state index contributed by atoms with van der Waals surface area (Å²) in [7, 11) is 4.35.